The van der Waals surface area contributed by atoms with E-state index in [1.807, 2.05) is 18.5 Å². The van der Waals surface area contributed by atoms with Gasteiger partial charge in [0.2, 0.25) is 0 Å². The van der Waals surface area contributed by atoms with Crippen LogP contribution in [0, 0.1) is 0 Å². The van der Waals surface area contributed by atoms with Gasteiger partial charge in [-0.3, -0.25) is 4.98 Å². The van der Waals surface area contributed by atoms with Crippen LogP contribution >= 0.6 is 0 Å². The van der Waals surface area contributed by atoms with Crippen LogP contribution in [0.5, 0.6) is 0 Å². The lowest BCUT2D eigenvalue weighted by molar-refractivity contribution is 0.437. The molecule has 1 aliphatic rings. The molecule has 21 heavy (non-hydrogen) atoms. The molecule has 3 aromatic rings. The van der Waals surface area contributed by atoms with Gasteiger partial charge in [-0.05, 0) is 19.9 Å². The van der Waals surface area contributed by atoms with E-state index < -0.39 is 0 Å². The van der Waals surface area contributed by atoms with Crippen LogP contribution in [0.3, 0.4) is 0 Å². The summed E-state index contributed by atoms with van der Waals surface area (Å²) in [5, 5.41) is 3.56. The number of aromatic amines is 1. The Morgan fingerprint density at radius 2 is 2.29 bits per heavy atom. The molecule has 0 amide bonds. The summed E-state index contributed by atoms with van der Waals surface area (Å²) in [4.78, 5) is 16.6. The van der Waals surface area contributed by atoms with Gasteiger partial charge in [0, 0.05) is 25.2 Å². The molecule has 0 spiro atoms. The number of pyridine rings is 1. The molecule has 4 heterocycles. The first-order valence-corrected chi connectivity index (χ1v) is 7.30. The SMILES string of the molecule is CC(C)n1c(C2Cc3nc[nH]c3CN2)nc2cnccc21. The van der Waals surface area contributed by atoms with Crippen LogP contribution in [0.1, 0.15) is 43.1 Å². The Balaban J connectivity index is 1.82. The molecule has 0 bridgehead atoms. The van der Waals surface area contributed by atoms with Gasteiger partial charge < -0.3 is 14.9 Å². The number of fused-ring (bicyclic) bond motifs is 2. The van der Waals surface area contributed by atoms with Crippen LogP contribution in [0.4, 0.5) is 0 Å². The monoisotopic (exact) mass is 282 g/mol. The third-order valence-electron chi connectivity index (χ3n) is 4.08. The zero-order valence-corrected chi connectivity index (χ0v) is 12.2. The summed E-state index contributed by atoms with van der Waals surface area (Å²) in [6, 6.07) is 2.58. The average Bonchev–Trinajstić information content (AvgIpc) is 3.10. The van der Waals surface area contributed by atoms with Crippen LogP contribution in [0.25, 0.3) is 11.0 Å². The van der Waals surface area contributed by atoms with E-state index in [2.05, 4.69) is 38.7 Å². The topological polar surface area (TPSA) is 71.4 Å². The lowest BCUT2D eigenvalue weighted by atomic mass is 10.0. The van der Waals surface area contributed by atoms with Crippen molar-refractivity contribution in [3.63, 3.8) is 0 Å². The summed E-state index contributed by atoms with van der Waals surface area (Å²) in [6.07, 6.45) is 6.29. The molecule has 6 heteroatoms. The molecule has 0 aromatic carbocycles. The molecule has 0 saturated heterocycles. The molecular formula is C15H18N6. The van der Waals surface area contributed by atoms with Crippen molar-refractivity contribution >= 4 is 11.0 Å². The largest absolute Gasteiger partial charge is 0.347 e. The number of hydrogen-bond acceptors (Lipinski definition) is 4. The van der Waals surface area contributed by atoms with Crippen molar-refractivity contribution in [3.05, 3.63) is 42.0 Å². The van der Waals surface area contributed by atoms with Crippen molar-refractivity contribution in [1.29, 1.82) is 0 Å². The summed E-state index contributed by atoms with van der Waals surface area (Å²) in [5.74, 6) is 1.07. The van der Waals surface area contributed by atoms with E-state index in [1.165, 1.54) is 5.69 Å². The lowest BCUT2D eigenvalue weighted by Gasteiger charge is -2.25. The highest BCUT2D eigenvalue weighted by atomic mass is 15.2. The van der Waals surface area contributed by atoms with Gasteiger partial charge in [0.05, 0.1) is 35.5 Å². The fourth-order valence-electron chi connectivity index (χ4n) is 3.11. The molecule has 0 fully saturated rings. The third kappa shape index (κ3) is 1.94. The summed E-state index contributed by atoms with van der Waals surface area (Å²) < 4.78 is 2.30. The van der Waals surface area contributed by atoms with Crippen molar-refractivity contribution in [1.82, 2.24) is 29.8 Å². The number of nitrogens with zero attached hydrogens (tertiary/aromatic N) is 4. The summed E-state index contributed by atoms with van der Waals surface area (Å²) >= 11 is 0. The zero-order chi connectivity index (χ0) is 14.4. The van der Waals surface area contributed by atoms with E-state index in [4.69, 9.17) is 4.98 Å². The van der Waals surface area contributed by atoms with E-state index in [1.54, 1.807) is 6.33 Å². The standard InChI is InChI=1S/C15H18N6/c1-9(2)21-14-3-4-16-6-13(14)20-15(21)11-5-10-12(7-17-11)19-8-18-10/h3-4,6,8-9,11,17H,5,7H2,1-2H3,(H,18,19). The second-order valence-electron chi connectivity index (χ2n) is 5.76. The first-order chi connectivity index (χ1) is 10.2. The zero-order valence-electron chi connectivity index (χ0n) is 12.2. The Morgan fingerprint density at radius 3 is 3.14 bits per heavy atom. The first kappa shape index (κ1) is 12.5. The van der Waals surface area contributed by atoms with E-state index >= 15 is 0 Å². The summed E-state index contributed by atoms with van der Waals surface area (Å²) in [5.41, 5.74) is 4.42. The molecule has 1 unspecified atom stereocenters. The molecule has 6 nitrogen and oxygen atoms in total. The normalized spacial score (nSPS) is 18.3. The number of imidazole rings is 2. The molecular weight excluding hydrogens is 264 g/mol. The fourth-order valence-corrected chi connectivity index (χ4v) is 3.11. The predicted octanol–water partition coefficient (Wildman–Crippen LogP) is 2.12. The van der Waals surface area contributed by atoms with Crippen LogP contribution < -0.4 is 5.32 Å². The summed E-state index contributed by atoms with van der Waals surface area (Å²) in [6.45, 7) is 5.18. The molecule has 108 valence electrons. The van der Waals surface area contributed by atoms with E-state index in [0.717, 1.165) is 35.5 Å². The minimum atomic E-state index is 0.190. The van der Waals surface area contributed by atoms with Crippen LogP contribution in [-0.2, 0) is 13.0 Å². The van der Waals surface area contributed by atoms with Crippen LogP contribution in [0.15, 0.2) is 24.8 Å². The van der Waals surface area contributed by atoms with Gasteiger partial charge in [0.1, 0.15) is 11.3 Å². The maximum Gasteiger partial charge on any atom is 0.127 e. The number of nitrogens with one attached hydrogen (secondary N) is 2. The maximum absolute atomic E-state index is 4.81. The van der Waals surface area contributed by atoms with Crippen LogP contribution in [-0.4, -0.2) is 24.5 Å². The van der Waals surface area contributed by atoms with Crippen molar-refractivity contribution in [2.45, 2.75) is 38.9 Å². The number of hydrogen-bond donors (Lipinski definition) is 2. The highest BCUT2D eigenvalue weighted by Crippen LogP contribution is 2.28. The fraction of sp³-hybridized carbons (Fsp3) is 0.400. The maximum atomic E-state index is 4.81. The van der Waals surface area contributed by atoms with E-state index in [-0.39, 0.29) is 6.04 Å². The summed E-state index contributed by atoms with van der Waals surface area (Å²) in [7, 11) is 0. The molecule has 4 rings (SSSR count). The van der Waals surface area contributed by atoms with Gasteiger partial charge in [-0.15, -0.1) is 0 Å². The minimum Gasteiger partial charge on any atom is -0.347 e. The predicted molar refractivity (Wildman–Crippen MR) is 79.8 cm³/mol. The van der Waals surface area contributed by atoms with Gasteiger partial charge in [-0.2, -0.15) is 0 Å². The minimum absolute atomic E-state index is 0.190. The van der Waals surface area contributed by atoms with Gasteiger partial charge in [0.15, 0.2) is 0 Å². The second-order valence-corrected chi connectivity index (χ2v) is 5.76. The molecule has 1 atom stereocenters. The quantitative estimate of drug-likeness (QED) is 0.755. The van der Waals surface area contributed by atoms with Gasteiger partial charge >= 0.3 is 0 Å². The van der Waals surface area contributed by atoms with Crippen molar-refractivity contribution < 1.29 is 0 Å². The van der Waals surface area contributed by atoms with Gasteiger partial charge in [-0.25, -0.2) is 9.97 Å². The Bertz CT molecular complexity index is 784. The van der Waals surface area contributed by atoms with Crippen molar-refractivity contribution in [2.24, 2.45) is 0 Å². The Kier molecular flexibility index (Phi) is 2.78. The third-order valence-corrected chi connectivity index (χ3v) is 4.08. The average molecular weight is 282 g/mol. The Labute approximate surface area is 122 Å². The van der Waals surface area contributed by atoms with Crippen molar-refractivity contribution in [3.8, 4) is 0 Å². The first-order valence-electron chi connectivity index (χ1n) is 7.30. The van der Waals surface area contributed by atoms with E-state index in [0.29, 0.717) is 6.04 Å². The highest BCUT2D eigenvalue weighted by molar-refractivity contribution is 5.75. The number of aromatic nitrogens is 5. The highest BCUT2D eigenvalue weighted by Gasteiger charge is 2.26. The van der Waals surface area contributed by atoms with Gasteiger partial charge in [0.25, 0.3) is 0 Å². The molecule has 0 radical (unpaired) electrons. The molecule has 0 saturated carbocycles. The molecule has 3 aromatic heterocycles. The van der Waals surface area contributed by atoms with Crippen LogP contribution in [0.2, 0.25) is 0 Å². The van der Waals surface area contributed by atoms with E-state index in [9.17, 15) is 0 Å². The molecule has 1 aliphatic heterocycles. The number of H-pyrrole nitrogens is 1. The molecule has 0 aliphatic carbocycles. The second kappa shape index (κ2) is 4.66. The lowest BCUT2D eigenvalue weighted by Crippen LogP contribution is -2.31. The number of rotatable bonds is 2. The smallest absolute Gasteiger partial charge is 0.127 e. The Morgan fingerprint density at radius 1 is 1.38 bits per heavy atom. The molecule has 2 N–H and O–H groups in total. The van der Waals surface area contributed by atoms with Crippen molar-refractivity contribution in [2.75, 3.05) is 0 Å². The Hall–Kier alpha value is -2.21. The van der Waals surface area contributed by atoms with Gasteiger partial charge in [-0.1, -0.05) is 0 Å².